The quantitative estimate of drug-likeness (QED) is 0.0735. The zero-order chi connectivity index (χ0) is 83.2. The first kappa shape index (κ1) is 80.8. The number of pyridine rings is 8. The van der Waals surface area contributed by atoms with Gasteiger partial charge in [0.2, 0.25) is 11.8 Å². The number of aromatic nitrogens is 11. The van der Waals surface area contributed by atoms with E-state index in [-0.39, 0.29) is 12.0 Å². The maximum atomic E-state index is 13.7. The summed E-state index contributed by atoms with van der Waals surface area (Å²) in [5.41, 5.74) is 8.91. The summed E-state index contributed by atoms with van der Waals surface area (Å²) in [5, 5.41) is 75.1. The highest BCUT2D eigenvalue weighted by molar-refractivity contribution is 5.96. The van der Waals surface area contributed by atoms with Crippen molar-refractivity contribution in [3.05, 3.63) is 221 Å². The average molecular weight is 1580 g/mol. The van der Waals surface area contributed by atoms with Gasteiger partial charge in [-0.25, -0.2) is 42.9 Å². The predicted octanol–water partition coefficient (Wildman–Crippen LogP) is 11.7. The Morgan fingerprint density at radius 2 is 0.975 bits per heavy atom. The van der Waals surface area contributed by atoms with Crippen molar-refractivity contribution in [2.75, 3.05) is 68.2 Å². The summed E-state index contributed by atoms with van der Waals surface area (Å²) in [7, 11) is 3.22. The van der Waals surface area contributed by atoms with Gasteiger partial charge in [0.25, 0.3) is 5.91 Å². The number of methoxy groups -OCH3 is 2. The van der Waals surface area contributed by atoms with Crippen LogP contribution in [-0.4, -0.2) is 174 Å². The number of fused-ring (bicyclic) bond motifs is 5. The Balaban J connectivity index is 0.000000146. The molecule has 17 rings (SSSR count). The van der Waals surface area contributed by atoms with E-state index < -0.39 is 28.2 Å². The number of nitriles is 3. The van der Waals surface area contributed by atoms with E-state index in [1.165, 1.54) is 30.3 Å². The van der Waals surface area contributed by atoms with Gasteiger partial charge < -0.3 is 49.5 Å². The summed E-state index contributed by atoms with van der Waals surface area (Å²) in [6, 6.07) is 37.2. The van der Waals surface area contributed by atoms with E-state index >= 15 is 0 Å². The van der Waals surface area contributed by atoms with Crippen molar-refractivity contribution >= 4 is 39.9 Å². The van der Waals surface area contributed by atoms with Gasteiger partial charge >= 0.3 is 0 Å². The van der Waals surface area contributed by atoms with Crippen LogP contribution < -0.4 is 34.2 Å². The molecule has 0 aliphatic carbocycles. The first-order chi connectivity index (χ1) is 56.6. The van der Waals surface area contributed by atoms with Crippen LogP contribution in [0, 0.1) is 82.3 Å². The van der Waals surface area contributed by atoms with Crippen LogP contribution in [0.15, 0.2) is 165 Å². The highest BCUT2D eigenvalue weighted by Crippen LogP contribution is 2.38. The van der Waals surface area contributed by atoms with E-state index in [1.807, 2.05) is 92.2 Å². The number of benzene rings is 1. The summed E-state index contributed by atoms with van der Waals surface area (Å²) >= 11 is 0. The van der Waals surface area contributed by atoms with E-state index in [4.69, 9.17) is 29.2 Å². The Hall–Kier alpha value is -13.8. The first-order valence-electron chi connectivity index (χ1n) is 38.7. The molecule has 0 spiro atoms. The van der Waals surface area contributed by atoms with Crippen molar-refractivity contribution < 1.29 is 38.7 Å². The van der Waals surface area contributed by atoms with E-state index in [2.05, 4.69) is 110 Å². The second-order valence-corrected chi connectivity index (χ2v) is 31.6. The summed E-state index contributed by atoms with van der Waals surface area (Å²) in [5.74, 6) is 21.4. The van der Waals surface area contributed by atoms with Gasteiger partial charge in [-0.3, -0.25) is 9.69 Å². The van der Waals surface area contributed by atoms with Crippen molar-refractivity contribution in [3.63, 3.8) is 0 Å². The second kappa shape index (κ2) is 34.0. The SMILES string of the molecule is COc1ccc(CN2C3CC2CN(c2ccc(-c4cc(C#CC(C)(C)O)cn5ncc(C#N)c45)cn2)C3)cn1.COc1ccc(OC2CCN(c3ccc(-c4cc(C#CC(C)(C)O)cn5ncc(C#N)c45)cn3)CC2)cn1.Cc1ccc(F)cc1C(=O)NC1(C)CCN(c2ccc(-c3cc(C#CC(C)(C)O)cn4ncc(C#N)c34)cn2)CC1. The third-order valence-electron chi connectivity index (χ3n) is 21.0. The number of carbonyl (C=O) groups excluding carboxylic acids is 1. The Bertz CT molecular complexity index is 6040. The number of amides is 1. The van der Waals surface area contributed by atoms with E-state index in [0.29, 0.717) is 105 Å². The lowest BCUT2D eigenvalue weighted by atomic mass is 9.87. The van der Waals surface area contributed by atoms with Crippen molar-refractivity contribution in [2.45, 2.75) is 135 Å². The van der Waals surface area contributed by atoms with Crippen molar-refractivity contribution in [1.82, 2.24) is 64.0 Å². The molecule has 16 heterocycles. The fourth-order valence-electron chi connectivity index (χ4n) is 14.8. The molecule has 5 aliphatic rings. The number of ether oxygens (including phenoxy) is 3. The Labute approximate surface area is 683 Å². The summed E-state index contributed by atoms with van der Waals surface area (Å²) in [4.78, 5) is 45.0. The van der Waals surface area contributed by atoms with Crippen molar-refractivity contribution in [2.24, 2.45) is 0 Å². The van der Waals surface area contributed by atoms with Gasteiger partial charge in [0.15, 0.2) is 0 Å². The molecule has 5 aliphatic heterocycles. The fourth-order valence-corrected chi connectivity index (χ4v) is 14.8. The van der Waals surface area contributed by atoms with Gasteiger partial charge in [0.05, 0.1) is 72.2 Å². The largest absolute Gasteiger partial charge is 0.489 e. The molecular weight excluding hydrogens is 1490 g/mol. The van der Waals surface area contributed by atoms with E-state index in [1.54, 1.807) is 132 Å². The molecule has 26 nitrogen and oxygen atoms in total. The second-order valence-electron chi connectivity index (χ2n) is 31.6. The molecule has 12 aromatic rings. The lowest BCUT2D eigenvalue weighted by Gasteiger charge is -2.56. The number of aliphatic hydroxyl groups is 3. The molecule has 0 saturated carbocycles. The minimum absolute atomic E-state index is 0.119. The van der Waals surface area contributed by atoms with Crippen LogP contribution in [0.25, 0.3) is 49.9 Å². The summed E-state index contributed by atoms with van der Waals surface area (Å²) in [6.07, 6.45) is 23.4. The summed E-state index contributed by atoms with van der Waals surface area (Å²) in [6.45, 7) is 19.4. The average Bonchev–Trinajstić information content (AvgIpc) is 1.21. The van der Waals surface area contributed by atoms with E-state index in [9.17, 15) is 40.3 Å². The molecule has 0 radical (unpaired) electrons. The molecule has 1 amide bonds. The van der Waals surface area contributed by atoms with Gasteiger partial charge in [0.1, 0.15) is 70.1 Å². The predicted molar refractivity (Wildman–Crippen MR) is 445 cm³/mol. The van der Waals surface area contributed by atoms with Gasteiger partial charge in [-0.2, -0.15) is 31.1 Å². The molecule has 4 N–H and O–H groups in total. The molecule has 2 unspecified atom stereocenters. The number of hydrogen-bond donors (Lipinski definition) is 4. The number of hydrogen-bond acceptors (Lipinski definition) is 22. The van der Waals surface area contributed by atoms with E-state index in [0.717, 1.165) is 108 Å². The number of piperazine rings is 1. The molecule has 5 saturated heterocycles. The minimum atomic E-state index is -1.15. The third-order valence-corrected chi connectivity index (χ3v) is 21.0. The number of piperidine rings is 3. The molecule has 2 atom stereocenters. The van der Waals surface area contributed by atoms with Crippen LogP contribution in [0.4, 0.5) is 21.8 Å². The number of anilines is 3. The van der Waals surface area contributed by atoms with Crippen molar-refractivity contribution in [3.8, 4) is 105 Å². The number of halogens is 1. The molecule has 27 heteroatoms. The molecule has 5 fully saturated rings. The molecular formula is C91H88FN19O7. The number of aryl methyl sites for hydroxylation is 1. The normalized spacial score (nSPS) is 15.8. The van der Waals surface area contributed by atoms with Crippen LogP contribution >= 0.6 is 0 Å². The minimum Gasteiger partial charge on any atom is -0.489 e. The van der Waals surface area contributed by atoms with Crippen LogP contribution in [0.2, 0.25) is 0 Å². The monoisotopic (exact) mass is 1580 g/mol. The zero-order valence-corrected chi connectivity index (χ0v) is 67.2. The lowest BCUT2D eigenvalue weighted by molar-refractivity contribution is -0.00876. The highest BCUT2D eigenvalue weighted by Gasteiger charge is 2.45. The topological polar surface area (TPSA) is 318 Å². The number of nitrogens with one attached hydrogen (secondary N) is 1. The van der Waals surface area contributed by atoms with Crippen molar-refractivity contribution in [1.29, 1.82) is 15.8 Å². The highest BCUT2D eigenvalue weighted by atomic mass is 19.1. The number of nitrogens with zero attached hydrogens (tertiary/aromatic N) is 18. The Morgan fingerprint density at radius 1 is 0.542 bits per heavy atom. The maximum absolute atomic E-state index is 13.7. The number of carbonyl (C=O) groups is 1. The van der Waals surface area contributed by atoms with Crippen LogP contribution in [0.1, 0.15) is 135 Å². The van der Waals surface area contributed by atoms with Gasteiger partial charge in [-0.1, -0.05) is 47.7 Å². The fraction of sp³-hybridized carbons (Fsp3) is 0.319. The summed E-state index contributed by atoms with van der Waals surface area (Å²) < 4.78 is 35.0. The molecule has 2 bridgehead atoms. The number of rotatable bonds is 14. The lowest BCUT2D eigenvalue weighted by Crippen LogP contribution is -2.68. The standard InChI is InChI=1S/C32H31FN6O2.C30H29N7O2.C29H28N6O3/c1-21-5-7-25(33)16-26(21)30(40)37-32(4)11-13-38(14-12-32)28-8-6-23(18-35-28)27-15-22(9-10-31(2,3)41)20-39-29(27)24(17-34)19-36-39;1-30(2,38)9-8-20-10-26(29-23(12-31)15-34-37(29)17-20)22-5-6-27(32-14-22)35-18-24-11-25(19-35)36(24)16-21-4-7-28(39-3)33-13-21;1-29(2,36)11-8-20-14-25(28-22(15-30)17-33-35(28)19-20)21-4-6-26(31-16-21)34-12-9-23(10-13-34)38-24-5-7-27(37-3)32-18-24/h5-8,15-16,18-20,41H,11-14H2,1-4H3,(H,37,40);4-7,10,13-15,17,24-25,38H,11,16,18-19H2,1-3H3;4-7,14,16-19,23,36H,9-10,12-13H2,1-3H3. The van der Waals surface area contributed by atoms with Gasteiger partial charge in [0, 0.05) is 187 Å². The molecule has 118 heavy (non-hydrogen) atoms. The first-order valence-corrected chi connectivity index (χ1v) is 38.7. The van der Waals surface area contributed by atoms with Crippen LogP contribution in [0.5, 0.6) is 17.5 Å². The molecule has 11 aromatic heterocycles. The maximum Gasteiger partial charge on any atom is 0.252 e. The molecule has 1 aromatic carbocycles. The molecule has 596 valence electrons. The Morgan fingerprint density at radius 3 is 1.36 bits per heavy atom. The smallest absolute Gasteiger partial charge is 0.252 e. The third kappa shape index (κ3) is 18.9. The van der Waals surface area contributed by atoms with Crippen LogP contribution in [0.3, 0.4) is 0 Å². The zero-order valence-electron chi connectivity index (χ0n) is 67.2. The van der Waals surface area contributed by atoms with Crippen LogP contribution in [-0.2, 0) is 6.54 Å². The van der Waals surface area contributed by atoms with Gasteiger partial charge in [-0.05, 0) is 159 Å². The Kier molecular flexibility index (Phi) is 23.3. The van der Waals surface area contributed by atoms with Gasteiger partial charge in [-0.15, -0.1) is 0 Å².